The highest BCUT2D eigenvalue weighted by atomic mass is 16.2. The third kappa shape index (κ3) is 2.51. The molecule has 2 atom stereocenters. The Morgan fingerprint density at radius 3 is 2.59 bits per heavy atom. The lowest BCUT2D eigenvalue weighted by Crippen LogP contribution is -2.68. The highest BCUT2D eigenvalue weighted by Crippen LogP contribution is 2.23. The van der Waals surface area contributed by atoms with Crippen LogP contribution in [0.4, 0.5) is 0 Å². The minimum Gasteiger partial charge on any atom is -0.340 e. The third-order valence-corrected chi connectivity index (χ3v) is 3.48. The van der Waals surface area contributed by atoms with Crippen LogP contribution in [0.25, 0.3) is 0 Å². The van der Waals surface area contributed by atoms with Gasteiger partial charge in [0.15, 0.2) is 0 Å². The monoisotopic (exact) mass is 238 g/mol. The van der Waals surface area contributed by atoms with Crippen molar-refractivity contribution in [3.05, 3.63) is 12.7 Å². The molecule has 1 aliphatic rings. The minimum absolute atomic E-state index is 0.0216. The molecule has 0 aliphatic carbocycles. The molecule has 1 saturated heterocycles. The van der Waals surface area contributed by atoms with E-state index in [1.807, 2.05) is 13.8 Å². The van der Waals surface area contributed by atoms with Gasteiger partial charge in [0.1, 0.15) is 11.6 Å². The molecule has 1 heterocycles. The van der Waals surface area contributed by atoms with Crippen molar-refractivity contribution in [2.75, 3.05) is 6.54 Å². The number of piperazine rings is 1. The maximum Gasteiger partial charge on any atom is 0.248 e. The number of hydrogen-bond acceptors (Lipinski definition) is 2. The molecular weight excluding hydrogens is 216 g/mol. The first-order chi connectivity index (χ1) is 8.00. The Kier molecular flexibility index (Phi) is 4.32. The molecule has 1 N–H and O–H groups in total. The first kappa shape index (κ1) is 13.7. The lowest BCUT2D eigenvalue weighted by atomic mass is 9.91. The maximum atomic E-state index is 12.4. The van der Waals surface area contributed by atoms with Crippen LogP contribution in [-0.4, -0.2) is 34.8 Å². The van der Waals surface area contributed by atoms with E-state index in [-0.39, 0.29) is 17.9 Å². The summed E-state index contributed by atoms with van der Waals surface area (Å²) in [6.07, 6.45) is 3.75. The Morgan fingerprint density at radius 2 is 2.12 bits per heavy atom. The minimum atomic E-state index is -0.746. The van der Waals surface area contributed by atoms with E-state index in [1.165, 1.54) is 0 Å². The van der Waals surface area contributed by atoms with Crippen LogP contribution in [0, 0.1) is 0 Å². The lowest BCUT2D eigenvalue weighted by molar-refractivity contribution is -0.154. The second-order valence-electron chi connectivity index (χ2n) is 4.67. The molecule has 0 aromatic heterocycles. The smallest absolute Gasteiger partial charge is 0.248 e. The number of carbonyl (C=O) groups excluding carboxylic acids is 2. The molecule has 4 heteroatoms. The third-order valence-electron chi connectivity index (χ3n) is 3.48. The summed E-state index contributed by atoms with van der Waals surface area (Å²) in [5.74, 6) is -0.0196. The Morgan fingerprint density at radius 1 is 1.47 bits per heavy atom. The number of rotatable bonds is 5. The Balaban J connectivity index is 2.96. The summed E-state index contributed by atoms with van der Waals surface area (Å²) in [4.78, 5) is 26.1. The van der Waals surface area contributed by atoms with Crippen LogP contribution in [0.1, 0.15) is 40.0 Å². The van der Waals surface area contributed by atoms with Gasteiger partial charge in [-0.15, -0.1) is 6.58 Å². The fourth-order valence-electron chi connectivity index (χ4n) is 2.14. The van der Waals surface area contributed by atoms with Crippen LogP contribution >= 0.6 is 0 Å². The molecule has 0 spiro atoms. The van der Waals surface area contributed by atoms with E-state index in [9.17, 15) is 9.59 Å². The van der Waals surface area contributed by atoms with Gasteiger partial charge in [-0.3, -0.25) is 9.59 Å². The second-order valence-corrected chi connectivity index (χ2v) is 4.67. The molecule has 17 heavy (non-hydrogen) atoms. The predicted octanol–water partition coefficient (Wildman–Crippen LogP) is 1.47. The zero-order valence-electron chi connectivity index (χ0n) is 11.0. The van der Waals surface area contributed by atoms with Crippen LogP contribution in [0.5, 0.6) is 0 Å². The van der Waals surface area contributed by atoms with Gasteiger partial charge in [0.25, 0.3) is 0 Å². The zero-order valence-corrected chi connectivity index (χ0v) is 11.0. The second kappa shape index (κ2) is 5.34. The quantitative estimate of drug-likeness (QED) is 0.737. The van der Waals surface area contributed by atoms with Crippen molar-refractivity contribution >= 4 is 11.8 Å². The van der Waals surface area contributed by atoms with Crippen molar-refractivity contribution in [3.63, 3.8) is 0 Å². The lowest BCUT2D eigenvalue weighted by Gasteiger charge is -2.43. The molecule has 1 aliphatic heterocycles. The maximum absolute atomic E-state index is 12.4. The van der Waals surface area contributed by atoms with E-state index in [1.54, 1.807) is 17.9 Å². The standard InChI is InChI=1S/C13H22N2O2/c1-5-8-9-15-10(6-2)11(16)14-13(4,7-3)12(15)17/h5,10H,1,6-9H2,2-4H3,(H,14,16). The summed E-state index contributed by atoms with van der Waals surface area (Å²) >= 11 is 0. The van der Waals surface area contributed by atoms with Crippen LogP contribution in [-0.2, 0) is 9.59 Å². The van der Waals surface area contributed by atoms with E-state index >= 15 is 0 Å². The Labute approximate surface area is 103 Å². The normalized spacial score (nSPS) is 29.1. The Hall–Kier alpha value is -1.32. The van der Waals surface area contributed by atoms with Crippen LogP contribution in [0.2, 0.25) is 0 Å². The van der Waals surface area contributed by atoms with Gasteiger partial charge in [-0.2, -0.15) is 0 Å². The van der Waals surface area contributed by atoms with Gasteiger partial charge in [-0.25, -0.2) is 0 Å². The first-order valence-electron chi connectivity index (χ1n) is 6.24. The van der Waals surface area contributed by atoms with E-state index in [2.05, 4.69) is 11.9 Å². The fraction of sp³-hybridized carbons (Fsp3) is 0.692. The van der Waals surface area contributed by atoms with Crippen molar-refractivity contribution in [1.82, 2.24) is 10.2 Å². The molecule has 0 aromatic rings. The van der Waals surface area contributed by atoms with Crippen LogP contribution in [0.15, 0.2) is 12.7 Å². The summed E-state index contributed by atoms with van der Waals surface area (Å²) < 4.78 is 0. The van der Waals surface area contributed by atoms with E-state index < -0.39 is 5.54 Å². The highest BCUT2D eigenvalue weighted by molar-refractivity contribution is 5.99. The molecule has 96 valence electrons. The summed E-state index contributed by atoms with van der Waals surface area (Å²) in [5, 5.41) is 2.84. The van der Waals surface area contributed by atoms with Crippen molar-refractivity contribution in [2.45, 2.75) is 51.6 Å². The Bertz CT molecular complexity index is 327. The fourth-order valence-corrected chi connectivity index (χ4v) is 2.14. The van der Waals surface area contributed by atoms with E-state index in [0.717, 1.165) is 6.42 Å². The number of nitrogens with one attached hydrogen (secondary N) is 1. The molecular formula is C13H22N2O2. The summed E-state index contributed by atoms with van der Waals surface area (Å²) in [5.41, 5.74) is -0.746. The topological polar surface area (TPSA) is 49.4 Å². The van der Waals surface area contributed by atoms with E-state index in [4.69, 9.17) is 0 Å². The molecule has 2 amide bonds. The molecule has 2 unspecified atom stereocenters. The molecule has 0 bridgehead atoms. The molecule has 1 rings (SSSR count). The highest BCUT2D eigenvalue weighted by Gasteiger charge is 2.45. The van der Waals surface area contributed by atoms with Gasteiger partial charge < -0.3 is 10.2 Å². The molecule has 0 radical (unpaired) electrons. The van der Waals surface area contributed by atoms with Gasteiger partial charge in [0.2, 0.25) is 11.8 Å². The molecule has 1 fully saturated rings. The van der Waals surface area contributed by atoms with Crippen LogP contribution in [0.3, 0.4) is 0 Å². The zero-order chi connectivity index (χ0) is 13.1. The largest absolute Gasteiger partial charge is 0.340 e. The van der Waals surface area contributed by atoms with Crippen molar-refractivity contribution in [2.24, 2.45) is 0 Å². The van der Waals surface area contributed by atoms with E-state index in [0.29, 0.717) is 19.4 Å². The molecule has 4 nitrogen and oxygen atoms in total. The van der Waals surface area contributed by atoms with Gasteiger partial charge in [0, 0.05) is 6.54 Å². The molecule has 0 aromatic carbocycles. The average molecular weight is 238 g/mol. The van der Waals surface area contributed by atoms with Crippen LogP contribution < -0.4 is 5.32 Å². The number of hydrogen-bond donors (Lipinski definition) is 1. The number of nitrogens with zero attached hydrogens (tertiary/aromatic N) is 1. The SMILES string of the molecule is C=CCCN1C(=O)C(C)(CC)NC(=O)C1CC. The first-order valence-corrected chi connectivity index (χ1v) is 6.24. The van der Waals surface area contributed by atoms with Crippen molar-refractivity contribution in [1.29, 1.82) is 0 Å². The van der Waals surface area contributed by atoms with Gasteiger partial charge in [-0.1, -0.05) is 19.9 Å². The van der Waals surface area contributed by atoms with Crippen molar-refractivity contribution < 1.29 is 9.59 Å². The number of carbonyl (C=O) groups is 2. The predicted molar refractivity (Wildman–Crippen MR) is 67.4 cm³/mol. The van der Waals surface area contributed by atoms with Crippen molar-refractivity contribution in [3.8, 4) is 0 Å². The van der Waals surface area contributed by atoms with Gasteiger partial charge >= 0.3 is 0 Å². The van der Waals surface area contributed by atoms with Gasteiger partial charge in [-0.05, 0) is 26.2 Å². The molecule has 0 saturated carbocycles. The summed E-state index contributed by atoms with van der Waals surface area (Å²) in [7, 11) is 0. The summed E-state index contributed by atoms with van der Waals surface area (Å²) in [6.45, 7) is 9.86. The average Bonchev–Trinajstić information content (AvgIpc) is 2.31. The van der Waals surface area contributed by atoms with Gasteiger partial charge in [0.05, 0.1) is 0 Å². The summed E-state index contributed by atoms with van der Waals surface area (Å²) in [6, 6.07) is -0.331. The number of amides is 2.